The minimum absolute atomic E-state index is 0. The predicted molar refractivity (Wildman–Crippen MR) is 154 cm³/mol. The summed E-state index contributed by atoms with van der Waals surface area (Å²) >= 11 is 0. The molecular formula is C29H23ClFN7O4. The normalized spacial score (nSPS) is 11.2. The number of anilines is 2. The molecule has 6 N–H and O–H groups in total. The highest BCUT2D eigenvalue weighted by molar-refractivity contribution is 6.03. The van der Waals surface area contributed by atoms with E-state index in [0.717, 1.165) is 12.1 Å². The van der Waals surface area contributed by atoms with Gasteiger partial charge < -0.3 is 30.9 Å². The highest BCUT2D eigenvalue weighted by atomic mass is 35.5. The maximum absolute atomic E-state index is 13.7. The number of aromatic nitrogens is 3. The first kappa shape index (κ1) is 29.5. The molecule has 0 aliphatic carbocycles. The van der Waals surface area contributed by atoms with E-state index in [-0.39, 0.29) is 53.0 Å². The fourth-order valence-corrected chi connectivity index (χ4v) is 4.13. The number of hydrogen-bond donors (Lipinski definition) is 5. The van der Waals surface area contributed by atoms with Gasteiger partial charge in [-0.1, -0.05) is 12.1 Å². The minimum Gasteiger partial charge on any atom is -0.507 e. The number of nitrogens with one attached hydrogen (secondary N) is 3. The molecule has 0 bridgehead atoms. The number of nitriles is 1. The molecule has 5 aromatic rings. The Morgan fingerprint density at radius 1 is 1.12 bits per heavy atom. The molecule has 0 spiro atoms. The summed E-state index contributed by atoms with van der Waals surface area (Å²) in [6, 6.07) is 15.8. The van der Waals surface area contributed by atoms with E-state index in [2.05, 4.69) is 31.7 Å². The Kier molecular flexibility index (Phi) is 8.96. The second-order valence-corrected chi connectivity index (χ2v) is 8.92. The number of furan rings is 1. The van der Waals surface area contributed by atoms with Crippen molar-refractivity contribution in [3.8, 4) is 34.2 Å². The molecule has 0 aliphatic heterocycles. The zero-order chi connectivity index (χ0) is 28.9. The zero-order valence-corrected chi connectivity index (χ0v) is 22.5. The number of hydrogen-bond acceptors (Lipinski definition) is 8. The van der Waals surface area contributed by atoms with Crippen LogP contribution in [0.1, 0.15) is 21.8 Å². The van der Waals surface area contributed by atoms with Gasteiger partial charge in [-0.3, -0.25) is 9.59 Å². The van der Waals surface area contributed by atoms with Gasteiger partial charge in [-0.2, -0.15) is 5.26 Å². The third-order valence-electron chi connectivity index (χ3n) is 6.11. The number of aromatic hydroxyl groups is 1. The Morgan fingerprint density at radius 2 is 1.95 bits per heavy atom. The topological polar surface area (TPSA) is 183 Å². The summed E-state index contributed by atoms with van der Waals surface area (Å²) in [7, 11) is 0. The largest absolute Gasteiger partial charge is 0.507 e. The number of phenols is 1. The molecule has 2 aromatic carbocycles. The van der Waals surface area contributed by atoms with Gasteiger partial charge in [0.25, 0.3) is 5.91 Å². The van der Waals surface area contributed by atoms with Crippen LogP contribution in [0.15, 0.2) is 83.9 Å². The number of aromatic amines is 1. The van der Waals surface area contributed by atoms with Crippen LogP contribution in [0.5, 0.6) is 5.75 Å². The summed E-state index contributed by atoms with van der Waals surface area (Å²) in [5, 5.41) is 25.9. The monoisotopic (exact) mass is 587 g/mol. The number of pyridine rings is 1. The van der Waals surface area contributed by atoms with Crippen molar-refractivity contribution in [3.63, 3.8) is 0 Å². The second-order valence-electron chi connectivity index (χ2n) is 8.92. The number of carbonyl (C=O) groups is 2. The molecule has 3 aromatic heterocycles. The van der Waals surface area contributed by atoms with E-state index < -0.39 is 23.7 Å². The lowest BCUT2D eigenvalue weighted by Gasteiger charge is -2.15. The Hall–Kier alpha value is -5.51. The average Bonchev–Trinajstić information content (AvgIpc) is 3.68. The van der Waals surface area contributed by atoms with E-state index in [1.165, 1.54) is 36.9 Å². The molecule has 0 unspecified atom stereocenters. The molecule has 0 fully saturated rings. The van der Waals surface area contributed by atoms with Crippen molar-refractivity contribution in [1.29, 1.82) is 5.26 Å². The summed E-state index contributed by atoms with van der Waals surface area (Å²) in [6.45, 7) is 0. The quantitative estimate of drug-likeness (QED) is 0.174. The maximum Gasteiger partial charge on any atom is 0.292 e. The van der Waals surface area contributed by atoms with Crippen molar-refractivity contribution in [2.24, 2.45) is 5.73 Å². The predicted octanol–water partition coefficient (Wildman–Crippen LogP) is 4.63. The molecule has 11 nitrogen and oxygen atoms in total. The zero-order valence-electron chi connectivity index (χ0n) is 21.7. The molecule has 0 radical (unpaired) electrons. The van der Waals surface area contributed by atoms with Gasteiger partial charge >= 0.3 is 0 Å². The molecule has 0 saturated heterocycles. The third-order valence-corrected chi connectivity index (χ3v) is 6.11. The third kappa shape index (κ3) is 6.44. The number of imidazole rings is 1. The fourth-order valence-electron chi connectivity index (χ4n) is 4.13. The number of H-pyrrole nitrogens is 1. The van der Waals surface area contributed by atoms with Crippen molar-refractivity contribution in [3.05, 3.63) is 102 Å². The van der Waals surface area contributed by atoms with Crippen LogP contribution in [0.25, 0.3) is 22.4 Å². The standard InChI is InChI=1S/C29H22FN7O4.ClH/c30-17-6-7-20(25(38)10-17)24-12-21(22(13-31)27(36-24)37-29(40)26-5-2-8-41-26)16-3-1-4-18(9-16)35-28(39)23(32)11-19-14-33-15-34-19;/h1-10,12,14-15,23,38H,11,32H2,(H,33,34)(H,35,39)(H,36,37,40);1H/t23-;/m1./s1. The van der Waals surface area contributed by atoms with Crippen molar-refractivity contribution >= 4 is 35.7 Å². The molecule has 212 valence electrons. The van der Waals surface area contributed by atoms with Crippen molar-refractivity contribution in [2.75, 3.05) is 10.6 Å². The Balaban J connectivity index is 0.00000405. The van der Waals surface area contributed by atoms with E-state index >= 15 is 0 Å². The number of benzene rings is 2. The van der Waals surface area contributed by atoms with E-state index in [0.29, 0.717) is 22.5 Å². The van der Waals surface area contributed by atoms with Crippen LogP contribution in [0, 0.1) is 17.1 Å². The van der Waals surface area contributed by atoms with Crippen molar-refractivity contribution in [2.45, 2.75) is 12.5 Å². The van der Waals surface area contributed by atoms with Gasteiger partial charge in [0.05, 0.1) is 30.0 Å². The van der Waals surface area contributed by atoms with E-state index in [4.69, 9.17) is 10.2 Å². The number of halogens is 2. The van der Waals surface area contributed by atoms with Crippen LogP contribution in [0.2, 0.25) is 0 Å². The first-order valence-corrected chi connectivity index (χ1v) is 12.3. The maximum atomic E-state index is 13.7. The smallest absolute Gasteiger partial charge is 0.292 e. The van der Waals surface area contributed by atoms with Crippen LogP contribution in [0.4, 0.5) is 15.9 Å². The number of rotatable bonds is 8. The summed E-state index contributed by atoms with van der Waals surface area (Å²) in [6.07, 6.45) is 4.70. The van der Waals surface area contributed by atoms with Gasteiger partial charge in [0.1, 0.15) is 23.2 Å². The molecular weight excluding hydrogens is 565 g/mol. The molecule has 3 heterocycles. The lowest BCUT2D eigenvalue weighted by atomic mass is 9.97. The summed E-state index contributed by atoms with van der Waals surface area (Å²) < 4.78 is 18.9. The van der Waals surface area contributed by atoms with Crippen LogP contribution in [-0.2, 0) is 11.2 Å². The minimum atomic E-state index is -0.867. The van der Waals surface area contributed by atoms with Crippen LogP contribution in [0.3, 0.4) is 0 Å². The Morgan fingerprint density at radius 3 is 2.64 bits per heavy atom. The summed E-state index contributed by atoms with van der Waals surface area (Å²) in [5.41, 5.74) is 8.23. The number of amides is 2. The number of phenolic OH excluding ortho intramolecular Hbond substituents is 1. The van der Waals surface area contributed by atoms with Gasteiger partial charge in [0, 0.05) is 35.5 Å². The first-order valence-electron chi connectivity index (χ1n) is 12.3. The van der Waals surface area contributed by atoms with Crippen LogP contribution >= 0.6 is 12.4 Å². The number of nitrogens with zero attached hydrogens (tertiary/aromatic N) is 3. The van der Waals surface area contributed by atoms with Crippen LogP contribution < -0.4 is 16.4 Å². The number of nitrogens with two attached hydrogens (primary N) is 1. The molecule has 13 heteroatoms. The van der Waals surface area contributed by atoms with Gasteiger partial charge in [-0.25, -0.2) is 14.4 Å². The highest BCUT2D eigenvalue weighted by Crippen LogP contribution is 2.36. The van der Waals surface area contributed by atoms with Crippen LogP contribution in [-0.4, -0.2) is 37.9 Å². The molecule has 1 atom stereocenters. The highest BCUT2D eigenvalue weighted by Gasteiger charge is 2.21. The van der Waals surface area contributed by atoms with Gasteiger partial charge in [0.15, 0.2) is 11.6 Å². The number of carbonyl (C=O) groups excluding carboxylic acids is 2. The Labute approximate surface area is 244 Å². The lowest BCUT2D eigenvalue weighted by Crippen LogP contribution is -2.37. The van der Waals surface area contributed by atoms with Crippen molar-refractivity contribution < 1.29 is 23.5 Å². The SMILES string of the molecule is Cl.N#Cc1c(-c2cccc(NC(=O)[C@H](N)Cc3c[nH]cn3)c2)cc(-c2ccc(F)cc2O)nc1NC(=O)c1ccco1. The van der Waals surface area contributed by atoms with E-state index in [9.17, 15) is 24.3 Å². The molecule has 0 saturated carbocycles. The lowest BCUT2D eigenvalue weighted by molar-refractivity contribution is -0.117. The van der Waals surface area contributed by atoms with Gasteiger partial charge in [-0.15, -0.1) is 12.4 Å². The van der Waals surface area contributed by atoms with Crippen molar-refractivity contribution in [1.82, 2.24) is 15.0 Å². The fraction of sp³-hybridized carbons (Fsp3) is 0.0690. The van der Waals surface area contributed by atoms with E-state index in [1.54, 1.807) is 30.5 Å². The molecule has 2 amide bonds. The molecule has 0 aliphatic rings. The molecule has 5 rings (SSSR count). The average molecular weight is 588 g/mol. The van der Waals surface area contributed by atoms with Gasteiger partial charge in [-0.05, 0) is 48.0 Å². The second kappa shape index (κ2) is 12.8. The van der Waals surface area contributed by atoms with E-state index in [1.807, 2.05) is 0 Å². The summed E-state index contributed by atoms with van der Waals surface area (Å²) in [5.74, 6) is -2.26. The Bertz CT molecular complexity index is 1770. The summed E-state index contributed by atoms with van der Waals surface area (Å²) in [4.78, 5) is 36.8. The van der Waals surface area contributed by atoms with Gasteiger partial charge in [0.2, 0.25) is 5.91 Å². The molecule has 42 heavy (non-hydrogen) atoms. The first-order chi connectivity index (χ1) is 19.8.